The lowest BCUT2D eigenvalue weighted by Crippen LogP contribution is -2.56. The number of nitrogens with zero attached hydrogens (tertiary/aromatic N) is 1. The van der Waals surface area contributed by atoms with Gasteiger partial charge in [-0.25, -0.2) is 0 Å². The summed E-state index contributed by atoms with van der Waals surface area (Å²) in [4.78, 5) is 15.3. The summed E-state index contributed by atoms with van der Waals surface area (Å²) in [5.74, 6) is 0.809. The van der Waals surface area contributed by atoms with E-state index in [9.17, 15) is 15.0 Å². The number of hydrogen-bond donors (Lipinski definition) is 2. The van der Waals surface area contributed by atoms with Gasteiger partial charge >= 0.3 is 0 Å². The van der Waals surface area contributed by atoms with Crippen molar-refractivity contribution in [2.45, 2.75) is 63.5 Å². The number of likely N-dealkylation sites (tertiary alicyclic amines) is 1. The highest BCUT2D eigenvalue weighted by molar-refractivity contribution is 5.92. The van der Waals surface area contributed by atoms with E-state index in [0.717, 1.165) is 36.8 Å². The summed E-state index contributed by atoms with van der Waals surface area (Å²) in [5.41, 5.74) is 2.38. The molecule has 5 heteroatoms. The van der Waals surface area contributed by atoms with E-state index in [-0.39, 0.29) is 23.6 Å². The zero-order chi connectivity index (χ0) is 23.6. The highest BCUT2D eigenvalue weighted by atomic mass is 16.5. The molecular formula is C28H35NO4. The second-order valence-electron chi connectivity index (χ2n) is 9.77. The number of phenolic OH excluding ortho intramolecular Hbond substituents is 1. The third-order valence-corrected chi connectivity index (χ3v) is 7.42. The number of aliphatic hydroxyl groups is 1. The van der Waals surface area contributed by atoms with Gasteiger partial charge in [0.15, 0.2) is 11.5 Å². The second-order valence-corrected chi connectivity index (χ2v) is 9.77. The van der Waals surface area contributed by atoms with Gasteiger partial charge in [-0.1, -0.05) is 57.0 Å². The highest BCUT2D eigenvalue weighted by Crippen LogP contribution is 2.50. The Morgan fingerprint density at radius 2 is 1.91 bits per heavy atom. The number of methoxy groups -OCH3 is 1. The van der Waals surface area contributed by atoms with Crippen molar-refractivity contribution in [3.63, 3.8) is 0 Å². The molecule has 0 bridgehead atoms. The highest BCUT2D eigenvalue weighted by Gasteiger charge is 2.50. The minimum atomic E-state index is -0.763. The first-order valence-corrected chi connectivity index (χ1v) is 12.0. The normalized spacial score (nSPS) is 25.3. The Morgan fingerprint density at radius 3 is 2.61 bits per heavy atom. The minimum absolute atomic E-state index is 0.0445. The van der Waals surface area contributed by atoms with Crippen LogP contribution < -0.4 is 4.74 Å². The molecule has 0 aromatic heterocycles. The van der Waals surface area contributed by atoms with Crippen molar-refractivity contribution in [1.82, 2.24) is 4.90 Å². The maximum atomic E-state index is 13.4. The third kappa shape index (κ3) is 4.79. The fourth-order valence-corrected chi connectivity index (χ4v) is 5.47. The Hall–Kier alpha value is -2.79. The lowest BCUT2D eigenvalue weighted by atomic mass is 9.66. The number of phenols is 1. The van der Waals surface area contributed by atoms with Crippen molar-refractivity contribution in [1.29, 1.82) is 0 Å². The van der Waals surface area contributed by atoms with Crippen molar-refractivity contribution >= 4 is 12.0 Å². The van der Waals surface area contributed by atoms with Crippen molar-refractivity contribution < 1.29 is 19.7 Å². The zero-order valence-corrected chi connectivity index (χ0v) is 19.8. The molecule has 2 aromatic rings. The summed E-state index contributed by atoms with van der Waals surface area (Å²) in [6, 6.07) is 13.3. The standard InChI is InChI=1S/C28H35NO4/c1-19(2)21-10-7-20(8-11-21)9-14-26(31)29-17-16-28(32)15-5-4-6-23(28)27(29)22-12-13-24(30)25(18-22)33-3/h7-14,18-19,23,27,30,32H,4-6,15-17H2,1-3H3/b14-9+/t23-,27+,28-/m0/s1. The molecule has 0 radical (unpaired) electrons. The van der Waals surface area contributed by atoms with Gasteiger partial charge in [-0.3, -0.25) is 4.79 Å². The number of benzene rings is 2. The second kappa shape index (κ2) is 9.60. The fourth-order valence-electron chi connectivity index (χ4n) is 5.47. The Labute approximate surface area is 196 Å². The Balaban J connectivity index is 1.64. The molecule has 5 nitrogen and oxygen atoms in total. The van der Waals surface area contributed by atoms with Crippen molar-refractivity contribution in [2.24, 2.45) is 5.92 Å². The van der Waals surface area contributed by atoms with E-state index in [1.54, 1.807) is 18.2 Å². The maximum Gasteiger partial charge on any atom is 0.247 e. The number of ether oxygens (including phenoxy) is 1. The van der Waals surface area contributed by atoms with Gasteiger partial charge in [0.1, 0.15) is 0 Å². The van der Waals surface area contributed by atoms with Gasteiger partial charge in [-0.15, -0.1) is 0 Å². The summed E-state index contributed by atoms with van der Waals surface area (Å²) in [6.07, 6.45) is 7.78. The van der Waals surface area contributed by atoms with E-state index in [4.69, 9.17) is 4.74 Å². The van der Waals surface area contributed by atoms with E-state index in [1.165, 1.54) is 12.7 Å². The van der Waals surface area contributed by atoms with Gasteiger partial charge in [0.2, 0.25) is 5.91 Å². The van der Waals surface area contributed by atoms with Crippen LogP contribution >= 0.6 is 0 Å². The number of hydrogen-bond acceptors (Lipinski definition) is 4. The summed E-state index contributed by atoms with van der Waals surface area (Å²) >= 11 is 0. The molecule has 33 heavy (non-hydrogen) atoms. The number of piperidine rings is 1. The molecule has 0 spiro atoms. The molecule has 2 fully saturated rings. The van der Waals surface area contributed by atoms with Gasteiger partial charge in [-0.2, -0.15) is 0 Å². The van der Waals surface area contributed by atoms with Crippen molar-refractivity contribution in [3.8, 4) is 11.5 Å². The molecule has 4 rings (SSSR count). The van der Waals surface area contributed by atoms with Crippen LogP contribution in [0, 0.1) is 5.92 Å². The summed E-state index contributed by atoms with van der Waals surface area (Å²) in [6.45, 7) is 4.82. The zero-order valence-electron chi connectivity index (χ0n) is 19.8. The van der Waals surface area contributed by atoms with Gasteiger partial charge < -0.3 is 19.8 Å². The van der Waals surface area contributed by atoms with E-state index in [2.05, 4.69) is 26.0 Å². The van der Waals surface area contributed by atoms with Crippen LogP contribution in [0.2, 0.25) is 0 Å². The minimum Gasteiger partial charge on any atom is -0.504 e. The lowest BCUT2D eigenvalue weighted by molar-refractivity contribution is -0.150. The van der Waals surface area contributed by atoms with Crippen LogP contribution in [0.15, 0.2) is 48.5 Å². The SMILES string of the molecule is COc1cc([C@@H]2[C@@H]3CCCC[C@]3(O)CCN2C(=O)/C=C/c2ccc(C(C)C)cc2)ccc1O. The van der Waals surface area contributed by atoms with E-state index in [1.807, 2.05) is 29.2 Å². The Kier molecular flexibility index (Phi) is 6.80. The fraction of sp³-hybridized carbons (Fsp3) is 0.464. The van der Waals surface area contributed by atoms with Crippen LogP contribution in [0.25, 0.3) is 6.08 Å². The number of carbonyl (C=O) groups is 1. The maximum absolute atomic E-state index is 13.4. The average Bonchev–Trinajstić information content (AvgIpc) is 2.82. The number of aromatic hydroxyl groups is 1. The third-order valence-electron chi connectivity index (χ3n) is 7.42. The molecule has 1 amide bonds. The van der Waals surface area contributed by atoms with E-state index >= 15 is 0 Å². The first kappa shape index (κ1) is 23.4. The number of amides is 1. The summed E-state index contributed by atoms with van der Waals surface area (Å²) < 4.78 is 5.34. The van der Waals surface area contributed by atoms with E-state index in [0.29, 0.717) is 24.6 Å². The molecule has 1 aliphatic carbocycles. The predicted molar refractivity (Wildman–Crippen MR) is 130 cm³/mol. The number of rotatable bonds is 5. The molecular weight excluding hydrogens is 414 g/mol. The average molecular weight is 450 g/mol. The summed E-state index contributed by atoms with van der Waals surface area (Å²) in [5, 5.41) is 21.5. The largest absolute Gasteiger partial charge is 0.504 e. The van der Waals surface area contributed by atoms with Crippen molar-refractivity contribution in [3.05, 3.63) is 65.2 Å². The van der Waals surface area contributed by atoms with Crippen LogP contribution in [0.1, 0.15) is 74.6 Å². The smallest absolute Gasteiger partial charge is 0.247 e. The molecule has 1 aliphatic heterocycles. The van der Waals surface area contributed by atoms with E-state index < -0.39 is 5.60 Å². The first-order chi connectivity index (χ1) is 15.8. The van der Waals surface area contributed by atoms with Crippen LogP contribution in [0.4, 0.5) is 0 Å². The molecule has 2 aromatic carbocycles. The molecule has 1 saturated carbocycles. The molecule has 1 heterocycles. The van der Waals surface area contributed by atoms with Gasteiger partial charge in [0.25, 0.3) is 0 Å². The molecule has 2 aliphatic rings. The molecule has 176 valence electrons. The molecule has 2 N–H and O–H groups in total. The van der Waals surface area contributed by atoms with Crippen LogP contribution in [0.5, 0.6) is 11.5 Å². The molecule has 1 saturated heterocycles. The first-order valence-electron chi connectivity index (χ1n) is 12.0. The van der Waals surface area contributed by atoms with Gasteiger partial charge in [0.05, 0.1) is 18.8 Å². The predicted octanol–water partition coefficient (Wildman–Crippen LogP) is 5.43. The van der Waals surface area contributed by atoms with Gasteiger partial charge in [0, 0.05) is 18.5 Å². The summed E-state index contributed by atoms with van der Waals surface area (Å²) in [7, 11) is 1.52. The quantitative estimate of drug-likeness (QED) is 0.597. The monoisotopic (exact) mass is 449 g/mol. The van der Waals surface area contributed by atoms with Crippen LogP contribution in [-0.2, 0) is 4.79 Å². The molecule has 0 unspecified atom stereocenters. The number of fused-ring (bicyclic) bond motifs is 1. The van der Waals surface area contributed by atoms with Crippen LogP contribution in [-0.4, -0.2) is 40.3 Å². The lowest BCUT2D eigenvalue weighted by Gasteiger charge is -2.52. The Morgan fingerprint density at radius 1 is 1.15 bits per heavy atom. The van der Waals surface area contributed by atoms with Crippen molar-refractivity contribution in [2.75, 3.05) is 13.7 Å². The molecule has 3 atom stereocenters. The Bertz CT molecular complexity index is 1010. The van der Waals surface area contributed by atoms with Crippen LogP contribution in [0.3, 0.4) is 0 Å². The van der Waals surface area contributed by atoms with Gasteiger partial charge in [-0.05, 0) is 60.1 Å². The number of carbonyl (C=O) groups excluding carboxylic acids is 1. The topological polar surface area (TPSA) is 70.0 Å².